The molecule has 3 aliphatic heterocycles. The van der Waals surface area contributed by atoms with Gasteiger partial charge in [0.2, 0.25) is 11.8 Å². The lowest BCUT2D eigenvalue weighted by molar-refractivity contribution is -0.126. The molecule has 1 spiro atoms. The number of nitrogens with zero attached hydrogens (tertiary/aromatic N) is 3. The number of carbonyl (C=O) groups is 3. The van der Waals surface area contributed by atoms with Crippen molar-refractivity contribution in [1.82, 2.24) is 15.5 Å². The van der Waals surface area contributed by atoms with Gasteiger partial charge in [0, 0.05) is 44.8 Å². The molecule has 202 valence electrons. The molecule has 3 aromatic carbocycles. The van der Waals surface area contributed by atoms with Gasteiger partial charge < -0.3 is 15.1 Å². The number of amides is 2. The van der Waals surface area contributed by atoms with Gasteiger partial charge in [0.1, 0.15) is 6.54 Å². The van der Waals surface area contributed by atoms with Crippen molar-refractivity contribution in [2.24, 2.45) is 0 Å². The molecule has 2 amide bonds. The number of Topliss-reactive ketones (excluding diaryl/α,β-unsaturated/α-hetero) is 1. The topological polar surface area (TPSA) is 98.4 Å². The van der Waals surface area contributed by atoms with Gasteiger partial charge in [0.25, 0.3) is 0 Å². The zero-order valence-corrected chi connectivity index (χ0v) is 23.6. The number of rotatable bonds is 4. The van der Waals surface area contributed by atoms with Crippen LogP contribution in [0.1, 0.15) is 47.2 Å². The molecule has 4 heterocycles. The molecule has 1 saturated heterocycles. The van der Waals surface area contributed by atoms with Crippen LogP contribution < -0.4 is 15.1 Å². The molecule has 3 unspecified atom stereocenters. The number of hydrogen-bond donors (Lipinski definition) is 2. The van der Waals surface area contributed by atoms with Gasteiger partial charge in [-0.1, -0.05) is 47.1 Å². The molecular weight excluding hydrogens is 570 g/mol. The quantitative estimate of drug-likeness (QED) is 0.332. The molecule has 0 radical (unpaired) electrons. The third-order valence-corrected chi connectivity index (χ3v) is 9.42. The maximum atomic E-state index is 14.4. The van der Waals surface area contributed by atoms with E-state index in [-0.39, 0.29) is 30.1 Å². The predicted octanol–water partition coefficient (Wildman–Crippen LogP) is 4.70. The first-order valence-electron chi connectivity index (χ1n) is 13.6. The molecule has 3 aliphatic rings. The van der Waals surface area contributed by atoms with Crippen molar-refractivity contribution in [3.8, 4) is 0 Å². The van der Waals surface area contributed by atoms with Crippen molar-refractivity contribution in [1.29, 1.82) is 0 Å². The first-order chi connectivity index (χ1) is 19.4. The van der Waals surface area contributed by atoms with E-state index in [1.54, 1.807) is 22.1 Å². The number of benzene rings is 3. The molecule has 1 fully saturated rings. The number of para-hydroxylation sites is 1. The highest BCUT2D eigenvalue weighted by Gasteiger charge is 2.55. The number of aromatic amines is 1. The summed E-state index contributed by atoms with van der Waals surface area (Å²) in [5.74, 6) is -0.0450. The second-order valence-corrected chi connectivity index (χ2v) is 11.9. The van der Waals surface area contributed by atoms with Crippen LogP contribution in [0.3, 0.4) is 0 Å². The fraction of sp³-hybridized carbons (Fsp3) is 0.290. The van der Waals surface area contributed by atoms with Gasteiger partial charge >= 0.3 is 0 Å². The first-order valence-corrected chi connectivity index (χ1v) is 14.4. The van der Waals surface area contributed by atoms with Crippen LogP contribution in [0.5, 0.6) is 0 Å². The van der Waals surface area contributed by atoms with E-state index in [9.17, 15) is 14.4 Å². The molecule has 4 aromatic rings. The zero-order chi connectivity index (χ0) is 27.6. The lowest BCUT2D eigenvalue weighted by atomic mass is 9.70. The number of nitrogens with one attached hydrogen (secondary N) is 2. The minimum Gasteiger partial charge on any atom is -0.310 e. The van der Waals surface area contributed by atoms with Gasteiger partial charge in [-0.2, -0.15) is 5.10 Å². The zero-order valence-electron chi connectivity index (χ0n) is 22.0. The molecule has 7 rings (SSSR count). The molecule has 2 N–H and O–H groups in total. The summed E-state index contributed by atoms with van der Waals surface area (Å²) in [6, 6.07) is 18.7. The van der Waals surface area contributed by atoms with Gasteiger partial charge in [-0.15, -0.1) is 0 Å². The molecule has 0 bridgehead atoms. The molecule has 1 aromatic heterocycles. The molecule has 0 aliphatic carbocycles. The van der Waals surface area contributed by atoms with Crippen molar-refractivity contribution in [2.45, 2.75) is 37.1 Å². The lowest BCUT2D eigenvalue weighted by Gasteiger charge is -2.37. The van der Waals surface area contributed by atoms with E-state index in [2.05, 4.69) is 44.4 Å². The van der Waals surface area contributed by atoms with E-state index in [4.69, 9.17) is 0 Å². The number of piperidine rings is 1. The SMILES string of the molecule is CC1CN(C(=O)CN2C(=O)C3(CCNC(C(=O)c4ccc5[nH]ncc5c4)C3)c3c(Br)cccc32)c2ccccc21. The predicted molar refractivity (Wildman–Crippen MR) is 157 cm³/mol. The maximum Gasteiger partial charge on any atom is 0.247 e. The normalized spacial score (nSPS) is 23.6. The highest BCUT2D eigenvalue weighted by molar-refractivity contribution is 9.10. The molecule has 40 heavy (non-hydrogen) atoms. The third kappa shape index (κ3) is 3.75. The Morgan fingerprint density at radius 2 is 1.93 bits per heavy atom. The first kappa shape index (κ1) is 25.2. The van der Waals surface area contributed by atoms with Gasteiger partial charge in [0.15, 0.2) is 5.78 Å². The Morgan fingerprint density at radius 1 is 1.10 bits per heavy atom. The number of hydrogen-bond acceptors (Lipinski definition) is 5. The van der Waals surface area contributed by atoms with Crippen LogP contribution in [0.15, 0.2) is 71.3 Å². The van der Waals surface area contributed by atoms with Gasteiger partial charge in [-0.3, -0.25) is 19.5 Å². The lowest BCUT2D eigenvalue weighted by Crippen LogP contribution is -2.55. The van der Waals surface area contributed by atoms with Crippen LogP contribution in [0.4, 0.5) is 11.4 Å². The molecule has 9 heteroatoms. The standard InChI is InChI=1S/C31H28BrN5O3/c1-18-16-36(25-7-3-2-5-21(18)25)27(38)17-37-26-8-4-6-22(32)28(26)31(30(37)40)11-12-33-24(14-31)29(39)19-9-10-23-20(13-19)15-34-35-23/h2-10,13,15,18,24,33H,11-12,14,16-17H2,1H3,(H,34,35). The number of carbonyl (C=O) groups excluding carboxylic acids is 3. The summed E-state index contributed by atoms with van der Waals surface area (Å²) < 4.78 is 0.821. The smallest absolute Gasteiger partial charge is 0.247 e. The Balaban J connectivity index is 1.20. The van der Waals surface area contributed by atoms with Gasteiger partial charge in [-0.25, -0.2) is 0 Å². The summed E-state index contributed by atoms with van der Waals surface area (Å²) in [6.45, 7) is 3.17. The number of anilines is 2. The Bertz CT molecular complexity index is 1700. The number of halogens is 1. The maximum absolute atomic E-state index is 14.4. The average Bonchev–Trinajstić information content (AvgIpc) is 3.64. The van der Waals surface area contributed by atoms with Crippen molar-refractivity contribution in [3.05, 3.63) is 88.0 Å². The van der Waals surface area contributed by atoms with E-state index in [0.717, 1.165) is 37.9 Å². The molecule has 3 atom stereocenters. The van der Waals surface area contributed by atoms with Crippen molar-refractivity contribution >= 4 is 55.8 Å². The van der Waals surface area contributed by atoms with Crippen molar-refractivity contribution in [2.75, 3.05) is 29.4 Å². The van der Waals surface area contributed by atoms with Crippen LogP contribution in [-0.2, 0) is 15.0 Å². The monoisotopic (exact) mass is 597 g/mol. The van der Waals surface area contributed by atoms with Crippen molar-refractivity contribution in [3.63, 3.8) is 0 Å². The summed E-state index contributed by atoms with van der Waals surface area (Å²) in [7, 11) is 0. The number of ketones is 1. The van der Waals surface area contributed by atoms with E-state index < -0.39 is 11.5 Å². The number of aromatic nitrogens is 2. The second kappa shape index (κ2) is 9.38. The fourth-order valence-corrected chi connectivity index (χ4v) is 7.54. The van der Waals surface area contributed by atoms with Gasteiger partial charge in [0.05, 0.1) is 23.2 Å². The number of fused-ring (bicyclic) bond motifs is 4. The highest BCUT2D eigenvalue weighted by atomic mass is 79.9. The largest absolute Gasteiger partial charge is 0.310 e. The van der Waals surface area contributed by atoms with E-state index in [0.29, 0.717) is 31.5 Å². The van der Waals surface area contributed by atoms with Crippen molar-refractivity contribution < 1.29 is 14.4 Å². The van der Waals surface area contributed by atoms with E-state index in [1.807, 2.05) is 48.5 Å². The summed E-state index contributed by atoms with van der Waals surface area (Å²) in [5, 5.41) is 11.2. The fourth-order valence-electron chi connectivity index (χ4n) is 6.81. The summed E-state index contributed by atoms with van der Waals surface area (Å²) in [6.07, 6.45) is 2.56. The van der Waals surface area contributed by atoms with Crippen LogP contribution >= 0.6 is 15.9 Å². The van der Waals surface area contributed by atoms with Crippen LogP contribution in [0.25, 0.3) is 10.9 Å². The Labute approximate surface area is 239 Å². The van der Waals surface area contributed by atoms with Crippen LogP contribution in [-0.4, -0.2) is 53.5 Å². The Hall–Kier alpha value is -3.82. The van der Waals surface area contributed by atoms with E-state index in [1.165, 1.54) is 0 Å². The molecular formula is C31H28BrN5O3. The third-order valence-electron chi connectivity index (χ3n) is 8.76. The Kier molecular flexibility index (Phi) is 5.90. The van der Waals surface area contributed by atoms with Crippen LogP contribution in [0, 0.1) is 0 Å². The number of H-pyrrole nitrogens is 1. The summed E-state index contributed by atoms with van der Waals surface area (Å²) >= 11 is 3.71. The molecule has 0 saturated carbocycles. The highest BCUT2D eigenvalue weighted by Crippen LogP contribution is 2.51. The minimum absolute atomic E-state index is 0.0473. The second-order valence-electron chi connectivity index (χ2n) is 11.1. The van der Waals surface area contributed by atoms with Gasteiger partial charge in [-0.05, 0) is 61.3 Å². The summed E-state index contributed by atoms with van der Waals surface area (Å²) in [4.78, 5) is 45.2. The van der Waals surface area contributed by atoms with E-state index >= 15 is 0 Å². The Morgan fingerprint density at radius 3 is 2.80 bits per heavy atom. The van der Waals surface area contributed by atoms with Crippen LogP contribution in [0.2, 0.25) is 0 Å². The minimum atomic E-state index is -0.906. The molecule has 8 nitrogen and oxygen atoms in total. The summed E-state index contributed by atoms with van der Waals surface area (Å²) in [5.41, 5.74) is 4.21. The average molecular weight is 599 g/mol.